The first kappa shape index (κ1) is 21.0. The highest BCUT2D eigenvalue weighted by Gasteiger charge is 2.31. The number of benzene rings is 4. The molecular formula is C33H30O. The molecule has 4 aromatic carbocycles. The summed E-state index contributed by atoms with van der Waals surface area (Å²) < 4.78 is 5.58. The summed E-state index contributed by atoms with van der Waals surface area (Å²) in [5, 5.41) is 2.68. The van der Waals surface area contributed by atoms with Gasteiger partial charge in [-0.2, -0.15) is 0 Å². The van der Waals surface area contributed by atoms with Crippen LogP contribution in [0.4, 0.5) is 0 Å². The summed E-state index contributed by atoms with van der Waals surface area (Å²) >= 11 is 0. The Morgan fingerprint density at radius 1 is 0.735 bits per heavy atom. The standard InChI is InChI=1S/C33H30O/c1-4-8-27-28(9-5-2)30-17-14-22-13-12-21-10-6-7-11-25(21)31(22)33(30)32-26-19-16-24(34-3)20-23(26)15-18-29(27)32/h4-7,10-13,16,19-20H,1-2,8-9,14-15,17-18H2,3H3. The van der Waals surface area contributed by atoms with Crippen molar-refractivity contribution in [1.29, 1.82) is 0 Å². The van der Waals surface area contributed by atoms with Crippen molar-refractivity contribution in [3.8, 4) is 28.0 Å². The number of rotatable bonds is 5. The zero-order valence-electron chi connectivity index (χ0n) is 19.9. The van der Waals surface area contributed by atoms with Crippen molar-refractivity contribution in [2.75, 3.05) is 7.11 Å². The van der Waals surface area contributed by atoms with Crippen LogP contribution in [0, 0.1) is 0 Å². The molecule has 0 atom stereocenters. The number of methoxy groups -OCH3 is 1. The number of allylic oxidation sites excluding steroid dienone is 2. The van der Waals surface area contributed by atoms with Crippen LogP contribution in [0.15, 0.2) is 79.9 Å². The molecule has 34 heavy (non-hydrogen) atoms. The lowest BCUT2D eigenvalue weighted by Crippen LogP contribution is -2.17. The fourth-order valence-electron chi connectivity index (χ4n) is 6.36. The van der Waals surface area contributed by atoms with Crippen LogP contribution in [0.5, 0.6) is 5.75 Å². The van der Waals surface area contributed by atoms with E-state index in [4.69, 9.17) is 4.74 Å². The van der Waals surface area contributed by atoms with Gasteiger partial charge in [0, 0.05) is 0 Å². The van der Waals surface area contributed by atoms with Crippen LogP contribution >= 0.6 is 0 Å². The van der Waals surface area contributed by atoms with Crippen molar-refractivity contribution < 1.29 is 4.74 Å². The van der Waals surface area contributed by atoms with E-state index < -0.39 is 0 Å². The highest BCUT2D eigenvalue weighted by molar-refractivity contribution is 6.05. The monoisotopic (exact) mass is 442 g/mol. The molecule has 0 N–H and O–H groups in total. The summed E-state index contributed by atoms with van der Waals surface area (Å²) in [5.41, 5.74) is 14.6. The van der Waals surface area contributed by atoms with E-state index in [1.165, 1.54) is 66.4 Å². The molecule has 2 aliphatic rings. The molecule has 0 heterocycles. The largest absolute Gasteiger partial charge is 0.497 e. The smallest absolute Gasteiger partial charge is 0.119 e. The van der Waals surface area contributed by atoms with Gasteiger partial charge in [-0.25, -0.2) is 0 Å². The molecule has 0 unspecified atom stereocenters. The van der Waals surface area contributed by atoms with E-state index in [-0.39, 0.29) is 0 Å². The molecule has 0 aliphatic heterocycles. The highest BCUT2D eigenvalue weighted by atomic mass is 16.5. The van der Waals surface area contributed by atoms with Gasteiger partial charge in [0.25, 0.3) is 0 Å². The third kappa shape index (κ3) is 3.07. The second-order valence-electron chi connectivity index (χ2n) is 9.49. The minimum Gasteiger partial charge on any atom is -0.497 e. The molecule has 0 saturated carbocycles. The summed E-state index contributed by atoms with van der Waals surface area (Å²) in [7, 11) is 1.76. The minimum absolute atomic E-state index is 0.909. The Bertz CT molecular complexity index is 1470. The number of fused-ring (bicyclic) bond motifs is 9. The second-order valence-corrected chi connectivity index (χ2v) is 9.49. The first-order valence-corrected chi connectivity index (χ1v) is 12.3. The van der Waals surface area contributed by atoms with Crippen molar-refractivity contribution in [3.63, 3.8) is 0 Å². The lowest BCUT2D eigenvalue weighted by molar-refractivity contribution is 0.414. The summed E-state index contributed by atoms with van der Waals surface area (Å²) in [6, 6.07) is 20.2. The van der Waals surface area contributed by atoms with Crippen molar-refractivity contribution in [3.05, 3.63) is 113 Å². The molecular weight excluding hydrogens is 412 g/mol. The van der Waals surface area contributed by atoms with Crippen LogP contribution in [0.1, 0.15) is 33.4 Å². The zero-order chi connectivity index (χ0) is 23.2. The molecule has 168 valence electrons. The van der Waals surface area contributed by atoms with Gasteiger partial charge < -0.3 is 4.74 Å². The van der Waals surface area contributed by atoms with Crippen LogP contribution in [0.2, 0.25) is 0 Å². The second kappa shape index (κ2) is 8.33. The molecule has 0 fully saturated rings. The Morgan fingerprint density at radius 2 is 1.44 bits per heavy atom. The molecule has 4 aromatic rings. The fraction of sp³-hybridized carbons (Fsp3) is 0.212. The van der Waals surface area contributed by atoms with Crippen molar-refractivity contribution >= 4 is 10.8 Å². The van der Waals surface area contributed by atoms with E-state index in [0.29, 0.717) is 0 Å². The predicted octanol–water partition coefficient (Wildman–Crippen LogP) is 7.84. The normalized spacial score (nSPS) is 13.4. The summed E-state index contributed by atoms with van der Waals surface area (Å²) in [6.45, 7) is 8.25. The van der Waals surface area contributed by atoms with Gasteiger partial charge in [-0.3, -0.25) is 0 Å². The molecule has 0 spiro atoms. The molecule has 1 nitrogen and oxygen atoms in total. The first-order valence-electron chi connectivity index (χ1n) is 12.3. The average Bonchev–Trinajstić information content (AvgIpc) is 2.89. The van der Waals surface area contributed by atoms with Gasteiger partial charge in [0.05, 0.1) is 7.11 Å². The molecule has 1 heteroatoms. The maximum absolute atomic E-state index is 5.58. The van der Waals surface area contributed by atoms with Crippen molar-refractivity contribution in [1.82, 2.24) is 0 Å². The summed E-state index contributed by atoms with van der Waals surface area (Å²) in [6.07, 6.45) is 10.2. The zero-order valence-corrected chi connectivity index (χ0v) is 19.9. The summed E-state index contributed by atoms with van der Waals surface area (Å²) in [5.74, 6) is 0.941. The molecule has 0 saturated heterocycles. The van der Waals surface area contributed by atoms with Crippen LogP contribution < -0.4 is 4.74 Å². The van der Waals surface area contributed by atoms with Gasteiger partial charge in [-0.15, -0.1) is 13.2 Å². The molecule has 0 bridgehead atoms. The van der Waals surface area contributed by atoms with E-state index in [2.05, 4.69) is 79.9 Å². The molecule has 0 amide bonds. The Kier molecular flexibility index (Phi) is 5.14. The molecule has 0 aromatic heterocycles. The first-order chi connectivity index (χ1) is 16.7. The van der Waals surface area contributed by atoms with Gasteiger partial charge in [-0.05, 0) is 117 Å². The van der Waals surface area contributed by atoms with Crippen molar-refractivity contribution in [2.45, 2.75) is 38.5 Å². The third-order valence-electron chi connectivity index (χ3n) is 7.78. The lowest BCUT2D eigenvalue weighted by Gasteiger charge is -2.34. The maximum atomic E-state index is 5.58. The van der Waals surface area contributed by atoms with E-state index in [1.54, 1.807) is 7.11 Å². The van der Waals surface area contributed by atoms with E-state index >= 15 is 0 Å². The Hall–Kier alpha value is -3.58. The quantitative estimate of drug-likeness (QED) is 0.286. The number of hydrogen-bond donors (Lipinski definition) is 0. The Balaban J connectivity index is 1.79. The van der Waals surface area contributed by atoms with Crippen LogP contribution in [0.3, 0.4) is 0 Å². The maximum Gasteiger partial charge on any atom is 0.119 e. The lowest BCUT2D eigenvalue weighted by atomic mass is 9.70. The number of hydrogen-bond acceptors (Lipinski definition) is 1. The average molecular weight is 443 g/mol. The van der Waals surface area contributed by atoms with Crippen LogP contribution in [-0.2, 0) is 38.5 Å². The van der Waals surface area contributed by atoms with E-state index in [0.717, 1.165) is 44.3 Å². The minimum atomic E-state index is 0.909. The van der Waals surface area contributed by atoms with Gasteiger partial charge in [0.1, 0.15) is 5.75 Å². The Morgan fingerprint density at radius 3 is 2.18 bits per heavy atom. The van der Waals surface area contributed by atoms with Gasteiger partial charge in [0.15, 0.2) is 0 Å². The number of ether oxygens (including phenoxy) is 1. The third-order valence-corrected chi connectivity index (χ3v) is 7.78. The van der Waals surface area contributed by atoms with Crippen molar-refractivity contribution in [2.24, 2.45) is 0 Å². The van der Waals surface area contributed by atoms with Crippen LogP contribution in [-0.4, -0.2) is 7.11 Å². The van der Waals surface area contributed by atoms with E-state index in [1.807, 2.05) is 0 Å². The molecule has 2 aliphatic carbocycles. The van der Waals surface area contributed by atoms with E-state index in [9.17, 15) is 0 Å². The fourth-order valence-corrected chi connectivity index (χ4v) is 6.36. The topological polar surface area (TPSA) is 9.23 Å². The van der Waals surface area contributed by atoms with Gasteiger partial charge in [0.2, 0.25) is 0 Å². The highest BCUT2D eigenvalue weighted by Crippen LogP contribution is 2.51. The van der Waals surface area contributed by atoms with Gasteiger partial charge in [-0.1, -0.05) is 54.6 Å². The summed E-state index contributed by atoms with van der Waals surface area (Å²) in [4.78, 5) is 0. The Labute approximate surface area is 202 Å². The molecule has 6 rings (SSSR count). The number of aryl methyl sites for hydroxylation is 2. The SMILES string of the molecule is C=CCc1c(CC=C)c2c(c3c1CCc1cc(OC)ccc1-3)-c1c(ccc3ccccc13)CC2. The van der Waals surface area contributed by atoms with Crippen LogP contribution in [0.25, 0.3) is 33.0 Å². The molecule has 0 radical (unpaired) electrons. The van der Waals surface area contributed by atoms with Gasteiger partial charge >= 0.3 is 0 Å². The predicted molar refractivity (Wildman–Crippen MR) is 144 cm³/mol.